The second kappa shape index (κ2) is 4.42. The first-order valence-corrected chi connectivity index (χ1v) is 8.53. The van der Waals surface area contributed by atoms with Gasteiger partial charge in [-0.05, 0) is 17.5 Å². The summed E-state index contributed by atoms with van der Waals surface area (Å²) in [6.45, 7) is 0. The van der Waals surface area contributed by atoms with Crippen LogP contribution in [-0.2, 0) is 7.05 Å². The van der Waals surface area contributed by atoms with Crippen molar-refractivity contribution >= 4 is 54.5 Å². The topological polar surface area (TPSA) is 18.1 Å². The SMILES string of the molecule is Cn1c2ccccc2c2c3oc4ccccc4c3c3ccccc3c21. The van der Waals surface area contributed by atoms with Gasteiger partial charge < -0.3 is 8.98 Å². The predicted molar refractivity (Wildman–Crippen MR) is 105 cm³/mol. The van der Waals surface area contributed by atoms with Crippen LogP contribution < -0.4 is 0 Å². The number of furan rings is 1. The molecule has 4 aromatic carbocycles. The van der Waals surface area contributed by atoms with Crippen molar-refractivity contribution in [2.75, 3.05) is 0 Å². The van der Waals surface area contributed by atoms with Crippen molar-refractivity contribution in [2.24, 2.45) is 7.05 Å². The van der Waals surface area contributed by atoms with Gasteiger partial charge in [-0.15, -0.1) is 0 Å². The Hall–Kier alpha value is -3.26. The number of aromatic nitrogens is 1. The number of para-hydroxylation sites is 2. The zero-order chi connectivity index (χ0) is 16.5. The summed E-state index contributed by atoms with van der Waals surface area (Å²) in [7, 11) is 2.14. The standard InChI is InChI=1S/C23H15NO/c1-24-18-12-6-4-10-16(18)21-22(24)15-9-3-2-8-14(15)20-17-11-5-7-13-19(17)25-23(20)21/h2-13H,1H3. The van der Waals surface area contributed by atoms with E-state index >= 15 is 0 Å². The lowest BCUT2D eigenvalue weighted by molar-refractivity contribution is 0.673. The van der Waals surface area contributed by atoms with E-state index in [0.717, 1.165) is 11.2 Å². The number of hydrogen-bond acceptors (Lipinski definition) is 1. The van der Waals surface area contributed by atoms with Crippen molar-refractivity contribution in [1.29, 1.82) is 0 Å². The maximum absolute atomic E-state index is 6.38. The molecule has 6 rings (SSSR count). The quantitative estimate of drug-likeness (QED) is 0.317. The Bertz CT molecular complexity index is 1450. The molecule has 0 radical (unpaired) electrons. The Morgan fingerprint density at radius 3 is 2.12 bits per heavy atom. The number of aryl methyl sites for hydroxylation is 1. The first-order chi connectivity index (χ1) is 12.3. The summed E-state index contributed by atoms with van der Waals surface area (Å²) in [4.78, 5) is 0. The molecular weight excluding hydrogens is 306 g/mol. The van der Waals surface area contributed by atoms with Gasteiger partial charge in [-0.2, -0.15) is 0 Å². The Labute approximate surface area is 143 Å². The van der Waals surface area contributed by atoms with E-state index in [0.29, 0.717) is 0 Å². The van der Waals surface area contributed by atoms with Crippen LogP contribution >= 0.6 is 0 Å². The van der Waals surface area contributed by atoms with Gasteiger partial charge >= 0.3 is 0 Å². The maximum atomic E-state index is 6.38. The van der Waals surface area contributed by atoms with Crippen LogP contribution in [0.25, 0.3) is 54.5 Å². The molecule has 2 heteroatoms. The fourth-order valence-electron chi connectivity index (χ4n) is 4.33. The fourth-order valence-corrected chi connectivity index (χ4v) is 4.33. The molecule has 0 bridgehead atoms. The van der Waals surface area contributed by atoms with Gasteiger partial charge in [0.05, 0.1) is 10.9 Å². The van der Waals surface area contributed by atoms with Crippen molar-refractivity contribution < 1.29 is 4.42 Å². The molecule has 0 amide bonds. The minimum absolute atomic E-state index is 0.947. The Kier molecular flexibility index (Phi) is 2.31. The molecule has 0 N–H and O–H groups in total. The first-order valence-electron chi connectivity index (χ1n) is 8.53. The van der Waals surface area contributed by atoms with Crippen molar-refractivity contribution in [1.82, 2.24) is 4.57 Å². The number of rotatable bonds is 0. The summed E-state index contributed by atoms with van der Waals surface area (Å²) in [5.74, 6) is 0. The summed E-state index contributed by atoms with van der Waals surface area (Å²) in [6.07, 6.45) is 0. The molecule has 0 aliphatic rings. The molecule has 0 fully saturated rings. The third-order valence-electron chi connectivity index (χ3n) is 5.38. The fraction of sp³-hybridized carbons (Fsp3) is 0.0435. The highest BCUT2D eigenvalue weighted by molar-refractivity contribution is 6.34. The van der Waals surface area contributed by atoms with E-state index < -0.39 is 0 Å². The monoisotopic (exact) mass is 321 g/mol. The summed E-state index contributed by atoms with van der Waals surface area (Å²) < 4.78 is 8.67. The van der Waals surface area contributed by atoms with Gasteiger partial charge in [0, 0.05) is 34.1 Å². The van der Waals surface area contributed by atoms with Gasteiger partial charge in [0.1, 0.15) is 11.2 Å². The van der Waals surface area contributed by atoms with E-state index in [1.165, 1.54) is 43.4 Å². The second-order valence-corrected chi connectivity index (χ2v) is 6.65. The number of hydrogen-bond donors (Lipinski definition) is 0. The number of nitrogens with zero attached hydrogens (tertiary/aromatic N) is 1. The van der Waals surface area contributed by atoms with Gasteiger partial charge in [0.15, 0.2) is 0 Å². The molecule has 2 nitrogen and oxygen atoms in total. The Morgan fingerprint density at radius 1 is 0.640 bits per heavy atom. The lowest BCUT2D eigenvalue weighted by Crippen LogP contribution is -1.88. The molecule has 6 aromatic rings. The zero-order valence-corrected chi connectivity index (χ0v) is 13.8. The molecule has 0 spiro atoms. The van der Waals surface area contributed by atoms with Crippen LogP contribution in [0.4, 0.5) is 0 Å². The Morgan fingerprint density at radius 2 is 1.28 bits per heavy atom. The highest BCUT2D eigenvalue weighted by Crippen LogP contribution is 2.44. The van der Waals surface area contributed by atoms with Gasteiger partial charge in [-0.1, -0.05) is 60.7 Å². The molecule has 0 saturated carbocycles. The zero-order valence-electron chi connectivity index (χ0n) is 13.8. The molecular formula is C23H15NO. The smallest absolute Gasteiger partial charge is 0.146 e. The second-order valence-electron chi connectivity index (χ2n) is 6.65. The van der Waals surface area contributed by atoms with Crippen LogP contribution in [-0.4, -0.2) is 4.57 Å². The molecule has 2 heterocycles. The van der Waals surface area contributed by atoms with E-state index in [1.807, 2.05) is 6.07 Å². The summed E-state index contributed by atoms with van der Waals surface area (Å²) in [6, 6.07) is 25.6. The molecule has 0 unspecified atom stereocenters. The molecule has 0 saturated heterocycles. The third-order valence-corrected chi connectivity index (χ3v) is 5.38. The van der Waals surface area contributed by atoms with Crippen LogP contribution in [0.3, 0.4) is 0 Å². The van der Waals surface area contributed by atoms with E-state index in [-0.39, 0.29) is 0 Å². The summed E-state index contributed by atoms with van der Waals surface area (Å²) >= 11 is 0. The number of benzene rings is 4. The van der Waals surface area contributed by atoms with E-state index in [1.54, 1.807) is 0 Å². The maximum Gasteiger partial charge on any atom is 0.146 e. The van der Waals surface area contributed by atoms with E-state index in [2.05, 4.69) is 78.3 Å². The normalized spacial score (nSPS) is 12.2. The first kappa shape index (κ1) is 13.1. The van der Waals surface area contributed by atoms with Crippen LogP contribution in [0.15, 0.2) is 77.2 Å². The highest BCUT2D eigenvalue weighted by atomic mass is 16.3. The van der Waals surface area contributed by atoms with Gasteiger partial charge in [0.2, 0.25) is 0 Å². The van der Waals surface area contributed by atoms with Crippen LogP contribution in [0.2, 0.25) is 0 Å². The lowest BCUT2D eigenvalue weighted by atomic mass is 9.99. The van der Waals surface area contributed by atoms with Crippen LogP contribution in [0.5, 0.6) is 0 Å². The molecule has 0 aliphatic carbocycles. The van der Waals surface area contributed by atoms with Gasteiger partial charge in [-0.25, -0.2) is 0 Å². The van der Waals surface area contributed by atoms with E-state index in [4.69, 9.17) is 4.42 Å². The predicted octanol–water partition coefficient (Wildman–Crippen LogP) is 6.38. The van der Waals surface area contributed by atoms with Crippen LogP contribution in [0.1, 0.15) is 0 Å². The average Bonchev–Trinajstić information content (AvgIpc) is 3.19. The number of fused-ring (bicyclic) bond motifs is 10. The summed E-state index contributed by atoms with van der Waals surface area (Å²) in [5.41, 5.74) is 4.41. The van der Waals surface area contributed by atoms with E-state index in [9.17, 15) is 0 Å². The average molecular weight is 321 g/mol. The largest absolute Gasteiger partial charge is 0.455 e. The molecule has 2 aromatic heterocycles. The molecule has 118 valence electrons. The van der Waals surface area contributed by atoms with Crippen molar-refractivity contribution in [2.45, 2.75) is 0 Å². The lowest BCUT2D eigenvalue weighted by Gasteiger charge is -2.05. The third kappa shape index (κ3) is 1.50. The van der Waals surface area contributed by atoms with Crippen LogP contribution in [0, 0.1) is 0 Å². The molecule has 0 atom stereocenters. The van der Waals surface area contributed by atoms with Crippen molar-refractivity contribution in [3.8, 4) is 0 Å². The molecule has 25 heavy (non-hydrogen) atoms. The van der Waals surface area contributed by atoms with Gasteiger partial charge in [0.25, 0.3) is 0 Å². The highest BCUT2D eigenvalue weighted by Gasteiger charge is 2.20. The minimum Gasteiger partial charge on any atom is -0.455 e. The molecule has 0 aliphatic heterocycles. The minimum atomic E-state index is 0.947. The Balaban J connectivity index is 2.11. The summed E-state index contributed by atoms with van der Waals surface area (Å²) in [5, 5.41) is 7.38. The van der Waals surface area contributed by atoms with Crippen molar-refractivity contribution in [3.05, 3.63) is 72.8 Å². The van der Waals surface area contributed by atoms with Gasteiger partial charge in [-0.3, -0.25) is 0 Å². The van der Waals surface area contributed by atoms with Crippen molar-refractivity contribution in [3.63, 3.8) is 0 Å².